The lowest BCUT2D eigenvalue weighted by molar-refractivity contribution is -0.155. The van der Waals surface area contributed by atoms with Gasteiger partial charge in [-0.3, -0.25) is 13.8 Å². The number of ether oxygens (including phenoxy) is 3. The summed E-state index contributed by atoms with van der Waals surface area (Å²) in [5.74, 6) is -0.433. The van der Waals surface area contributed by atoms with Gasteiger partial charge in [0.25, 0.3) is 0 Å². The minimum Gasteiger partial charge on any atom is -0.463 e. The second-order valence-electron chi connectivity index (χ2n) is 13.9. The highest BCUT2D eigenvalue weighted by molar-refractivity contribution is 7.47. The molecule has 2 rings (SSSR count). The smallest absolute Gasteiger partial charge is 0.463 e. The Morgan fingerprint density at radius 3 is 2.02 bits per heavy atom. The Balaban J connectivity index is 1.70. The molecule has 0 fully saturated rings. The van der Waals surface area contributed by atoms with Crippen LogP contribution in [0.3, 0.4) is 0 Å². The van der Waals surface area contributed by atoms with Gasteiger partial charge in [-0.2, -0.15) is 10.2 Å². The van der Waals surface area contributed by atoms with Crippen LogP contribution in [0.1, 0.15) is 72.8 Å². The summed E-state index contributed by atoms with van der Waals surface area (Å²) in [4.78, 5) is 36.3. The summed E-state index contributed by atoms with van der Waals surface area (Å²) in [5, 5.41) is 14.3. The quantitative estimate of drug-likeness (QED) is 0.0498. The van der Waals surface area contributed by atoms with Gasteiger partial charge in [0.1, 0.15) is 18.3 Å². The lowest BCUT2D eigenvalue weighted by Gasteiger charge is -2.27. The van der Waals surface area contributed by atoms with Gasteiger partial charge < -0.3 is 34.6 Å². The van der Waals surface area contributed by atoms with E-state index >= 15 is 0 Å². The number of alkyl carbamates (subject to hydrolysis) is 1. The summed E-state index contributed by atoms with van der Waals surface area (Å²) >= 11 is 0. The first kappa shape index (κ1) is 43.4. The van der Waals surface area contributed by atoms with Gasteiger partial charge in [0, 0.05) is 45.0 Å². The largest absolute Gasteiger partial charge is 0.472 e. The van der Waals surface area contributed by atoms with Crippen molar-refractivity contribution in [1.82, 2.24) is 10.6 Å². The van der Waals surface area contributed by atoms with E-state index < -0.39 is 37.2 Å². The van der Waals surface area contributed by atoms with Gasteiger partial charge in [0.15, 0.2) is 0 Å². The topological polar surface area (TPSA) is 170 Å². The lowest BCUT2D eigenvalue weighted by Crippen LogP contribution is -2.34. The van der Waals surface area contributed by atoms with Crippen molar-refractivity contribution in [3.63, 3.8) is 0 Å². The molecule has 2 unspecified atom stereocenters. The molecule has 0 bridgehead atoms. The maximum absolute atomic E-state index is 12.6. The number of anilines is 1. The first-order valence-electron chi connectivity index (χ1n) is 17.0. The van der Waals surface area contributed by atoms with Crippen molar-refractivity contribution < 1.29 is 42.3 Å². The van der Waals surface area contributed by atoms with Crippen LogP contribution in [-0.4, -0.2) is 81.3 Å². The van der Waals surface area contributed by atoms with Crippen molar-refractivity contribution in [2.45, 2.75) is 84.5 Å². The molecule has 2 atom stereocenters. The van der Waals surface area contributed by atoms with Crippen LogP contribution < -0.4 is 15.5 Å². The third-order valence-corrected chi connectivity index (χ3v) is 7.64. The molecule has 51 heavy (non-hydrogen) atoms. The predicted molar refractivity (Wildman–Crippen MR) is 198 cm³/mol. The van der Waals surface area contributed by atoms with Crippen LogP contribution in [0.4, 0.5) is 21.9 Å². The highest BCUT2D eigenvalue weighted by Gasteiger charge is 2.27. The number of amides is 1. The van der Waals surface area contributed by atoms with Crippen molar-refractivity contribution in [1.29, 1.82) is 0 Å². The molecule has 3 N–H and O–H groups in total. The lowest BCUT2D eigenvalue weighted by atomic mass is 10.1. The van der Waals surface area contributed by atoms with Crippen LogP contribution in [0.25, 0.3) is 5.70 Å². The number of esters is 1. The predicted octanol–water partition coefficient (Wildman–Crippen LogP) is 7.67. The maximum Gasteiger partial charge on any atom is 0.472 e. The standard InChI is InChI=1S/C36H56N5O9P/c1-27(28-14-16-29(17-15-28)39-40-30-18-20-31(21-19-30)41(8)9)37-23-24-47-51(44,45)48-26-32(49-35(2,3)4)25-46-33(42)13-11-10-12-22-38-34(43)50-36(5,6)7/h14-21,32,37H,1,10-13,22-26H2,2-9H3,(H,38,43)(H,44,45)/b40-39+. The van der Waals surface area contributed by atoms with Crippen LogP contribution in [0.2, 0.25) is 0 Å². The monoisotopic (exact) mass is 733 g/mol. The van der Waals surface area contributed by atoms with E-state index in [0.717, 1.165) is 16.9 Å². The average Bonchev–Trinajstić information content (AvgIpc) is 3.04. The van der Waals surface area contributed by atoms with Crippen molar-refractivity contribution in [2.24, 2.45) is 10.2 Å². The van der Waals surface area contributed by atoms with Gasteiger partial charge in [-0.1, -0.05) is 25.1 Å². The van der Waals surface area contributed by atoms with Crippen LogP contribution in [0, 0.1) is 0 Å². The normalized spacial score (nSPS) is 13.7. The highest BCUT2D eigenvalue weighted by Crippen LogP contribution is 2.43. The number of hydrogen-bond donors (Lipinski definition) is 3. The Hall–Kier alpha value is -3.81. The van der Waals surface area contributed by atoms with Crippen molar-refractivity contribution in [3.8, 4) is 0 Å². The van der Waals surface area contributed by atoms with E-state index in [-0.39, 0.29) is 32.8 Å². The number of benzene rings is 2. The Morgan fingerprint density at radius 1 is 0.843 bits per heavy atom. The summed E-state index contributed by atoms with van der Waals surface area (Å²) in [6, 6.07) is 15.1. The molecule has 284 valence electrons. The Morgan fingerprint density at radius 2 is 1.45 bits per heavy atom. The first-order chi connectivity index (χ1) is 23.8. The van der Waals surface area contributed by atoms with Gasteiger partial charge in [-0.15, -0.1) is 0 Å². The molecule has 0 saturated carbocycles. The van der Waals surface area contributed by atoms with E-state index in [1.807, 2.05) is 88.3 Å². The van der Waals surface area contributed by atoms with E-state index in [9.17, 15) is 19.0 Å². The molecular formula is C36H56N5O9P. The molecule has 2 aromatic carbocycles. The fourth-order valence-corrected chi connectivity index (χ4v) is 5.04. The minimum atomic E-state index is -4.44. The fourth-order valence-electron chi connectivity index (χ4n) is 4.29. The summed E-state index contributed by atoms with van der Waals surface area (Å²) in [6.07, 6.45) is 0.851. The SMILES string of the molecule is C=C(NCCOP(=O)(O)OCC(COC(=O)CCCCCNC(=O)OC(C)(C)C)OC(C)(C)C)c1ccc(/N=N/c2ccc(N(C)C)cc2)cc1. The van der Waals surface area contributed by atoms with Crippen LogP contribution in [0.5, 0.6) is 0 Å². The number of carbonyl (C=O) groups is 2. The second-order valence-corrected chi connectivity index (χ2v) is 15.4. The zero-order valence-electron chi connectivity index (χ0n) is 31.3. The third kappa shape index (κ3) is 20.0. The number of azo groups is 1. The Labute approximate surface area is 302 Å². The summed E-state index contributed by atoms with van der Waals surface area (Å²) in [5.41, 5.74) is 2.69. The van der Waals surface area contributed by atoms with E-state index in [4.69, 9.17) is 23.3 Å². The number of nitrogens with zero attached hydrogens (tertiary/aromatic N) is 3. The number of nitrogens with one attached hydrogen (secondary N) is 2. The van der Waals surface area contributed by atoms with Gasteiger partial charge in [0.2, 0.25) is 0 Å². The summed E-state index contributed by atoms with van der Waals surface area (Å²) in [6.45, 7) is 14.8. The molecule has 0 spiro atoms. The highest BCUT2D eigenvalue weighted by atomic mass is 31.2. The van der Waals surface area contributed by atoms with Gasteiger partial charge in [-0.25, -0.2) is 9.36 Å². The molecule has 0 heterocycles. The number of hydrogen-bond acceptors (Lipinski definition) is 12. The molecule has 0 aliphatic heterocycles. The molecule has 15 heteroatoms. The summed E-state index contributed by atoms with van der Waals surface area (Å²) < 4.78 is 39.3. The second kappa shape index (κ2) is 20.9. The van der Waals surface area contributed by atoms with Gasteiger partial charge in [0.05, 0.1) is 30.2 Å². The van der Waals surface area contributed by atoms with Gasteiger partial charge in [-0.05, 0) is 96.3 Å². The molecule has 1 amide bonds. The van der Waals surface area contributed by atoms with Crippen LogP contribution >= 0.6 is 7.82 Å². The molecule has 0 saturated heterocycles. The number of phosphoric ester groups is 1. The summed E-state index contributed by atoms with van der Waals surface area (Å²) in [7, 11) is -0.492. The Bertz CT molecular complexity index is 1450. The average molecular weight is 734 g/mol. The zero-order chi connectivity index (χ0) is 38.1. The van der Waals surface area contributed by atoms with Crippen molar-refractivity contribution in [2.75, 3.05) is 51.9 Å². The molecule has 0 aliphatic rings. The van der Waals surface area contributed by atoms with E-state index in [2.05, 4.69) is 27.4 Å². The molecule has 2 aromatic rings. The van der Waals surface area contributed by atoms with Gasteiger partial charge >= 0.3 is 19.9 Å². The van der Waals surface area contributed by atoms with E-state index in [1.54, 1.807) is 20.8 Å². The van der Waals surface area contributed by atoms with E-state index in [1.165, 1.54) is 0 Å². The molecular weight excluding hydrogens is 677 g/mol. The Kier molecular flexibility index (Phi) is 17.8. The van der Waals surface area contributed by atoms with Crippen molar-refractivity contribution >= 4 is 42.6 Å². The van der Waals surface area contributed by atoms with Crippen LogP contribution in [0.15, 0.2) is 65.3 Å². The van der Waals surface area contributed by atoms with Crippen molar-refractivity contribution in [3.05, 3.63) is 60.7 Å². The third-order valence-electron chi connectivity index (χ3n) is 6.66. The molecule has 0 radical (unpaired) electrons. The number of phosphoric acid groups is 1. The fraction of sp³-hybridized carbons (Fsp3) is 0.556. The minimum absolute atomic E-state index is 0.140. The number of rotatable bonds is 21. The van der Waals surface area contributed by atoms with Crippen LogP contribution in [-0.2, 0) is 32.6 Å². The zero-order valence-corrected chi connectivity index (χ0v) is 32.2. The molecule has 14 nitrogen and oxygen atoms in total. The molecule has 0 aliphatic carbocycles. The first-order valence-corrected chi connectivity index (χ1v) is 18.5. The van der Waals surface area contributed by atoms with E-state index in [0.29, 0.717) is 37.2 Å². The number of carbonyl (C=O) groups excluding carboxylic acids is 2. The maximum atomic E-state index is 12.6. The number of unbranched alkanes of at least 4 members (excludes halogenated alkanes) is 2. The molecule has 0 aromatic heterocycles.